The summed E-state index contributed by atoms with van der Waals surface area (Å²) in [4.78, 5) is 41.7. The number of carboxylic acids is 1. The highest BCUT2D eigenvalue weighted by Gasteiger charge is 2.36. The molecule has 1 aromatic carbocycles. The number of carboxylic acid groups (broad SMARTS) is 1. The second-order valence-corrected chi connectivity index (χ2v) is 5.95. The molecule has 0 unspecified atom stereocenters. The third-order valence-electron chi connectivity index (χ3n) is 3.18. The molecule has 1 aliphatic heterocycles. The molecule has 0 radical (unpaired) electrons. The van der Waals surface area contributed by atoms with Gasteiger partial charge in [-0.3, -0.25) is 14.5 Å². The highest BCUT2D eigenvalue weighted by Crippen LogP contribution is 2.26. The number of carbonyl (C=O) groups excluding carboxylic acids is 2. The van der Waals surface area contributed by atoms with Crippen LogP contribution in [0.4, 0.5) is 0 Å². The van der Waals surface area contributed by atoms with Crippen LogP contribution in [0.5, 0.6) is 0 Å². The molecular weight excluding hydrogens is 292 g/mol. The van der Waals surface area contributed by atoms with Gasteiger partial charge in [-0.15, -0.1) is 11.3 Å². The van der Waals surface area contributed by atoms with Gasteiger partial charge in [-0.2, -0.15) is 0 Å². The predicted octanol–water partition coefficient (Wildman–Crippen LogP) is 1.95. The van der Waals surface area contributed by atoms with Crippen molar-refractivity contribution >= 4 is 29.1 Å². The van der Waals surface area contributed by atoms with E-state index in [1.165, 1.54) is 29.5 Å². The lowest BCUT2D eigenvalue weighted by molar-refractivity contribution is 0.0640. The van der Waals surface area contributed by atoms with E-state index >= 15 is 0 Å². The summed E-state index contributed by atoms with van der Waals surface area (Å²) in [6.07, 6.45) is 1.68. The number of nitrogens with zero attached hydrogens (tertiary/aromatic N) is 2. The topological polar surface area (TPSA) is 87.6 Å². The van der Waals surface area contributed by atoms with Gasteiger partial charge < -0.3 is 5.11 Å². The van der Waals surface area contributed by atoms with Crippen molar-refractivity contribution in [2.75, 3.05) is 0 Å². The Hall–Kier alpha value is -2.54. The van der Waals surface area contributed by atoms with Crippen molar-refractivity contribution in [2.24, 2.45) is 0 Å². The van der Waals surface area contributed by atoms with Gasteiger partial charge in [0.25, 0.3) is 11.8 Å². The van der Waals surface area contributed by atoms with E-state index in [1.54, 1.807) is 6.20 Å². The summed E-state index contributed by atoms with van der Waals surface area (Å²) < 4.78 is 0. The molecule has 0 atom stereocenters. The van der Waals surface area contributed by atoms with E-state index in [4.69, 9.17) is 5.11 Å². The summed E-state index contributed by atoms with van der Waals surface area (Å²) in [6.45, 7) is 2.00. The van der Waals surface area contributed by atoms with Crippen LogP contribution < -0.4 is 0 Å². The zero-order chi connectivity index (χ0) is 15.1. The first-order valence-electron chi connectivity index (χ1n) is 6.12. The van der Waals surface area contributed by atoms with Gasteiger partial charge in [-0.1, -0.05) is 0 Å². The number of hydrogen-bond acceptors (Lipinski definition) is 5. The van der Waals surface area contributed by atoms with Crippen LogP contribution in [0.3, 0.4) is 0 Å². The Morgan fingerprint density at radius 3 is 2.62 bits per heavy atom. The van der Waals surface area contributed by atoms with Crippen molar-refractivity contribution in [3.63, 3.8) is 0 Å². The summed E-state index contributed by atoms with van der Waals surface area (Å²) in [5, 5.41) is 9.62. The number of hydrogen-bond donors (Lipinski definition) is 1. The van der Waals surface area contributed by atoms with Crippen LogP contribution in [0, 0.1) is 6.92 Å². The molecule has 0 aliphatic carbocycles. The summed E-state index contributed by atoms with van der Waals surface area (Å²) in [5.41, 5.74) is 0.355. The SMILES string of the molecule is Cc1cnc(CN2C(=O)c3ccc(C(=O)O)cc3C2=O)s1. The Bertz CT molecular complexity index is 781. The highest BCUT2D eigenvalue weighted by atomic mass is 32.1. The molecule has 0 saturated carbocycles. The van der Waals surface area contributed by atoms with Crippen LogP contribution in [0.2, 0.25) is 0 Å². The molecular formula is C14H10N2O4S. The van der Waals surface area contributed by atoms with Gasteiger partial charge in [0.2, 0.25) is 0 Å². The van der Waals surface area contributed by atoms with Crippen LogP contribution in [-0.4, -0.2) is 32.8 Å². The van der Waals surface area contributed by atoms with Crippen molar-refractivity contribution in [2.45, 2.75) is 13.5 Å². The Morgan fingerprint density at radius 2 is 2.00 bits per heavy atom. The monoisotopic (exact) mass is 302 g/mol. The number of amides is 2. The van der Waals surface area contributed by atoms with Gasteiger partial charge in [0, 0.05) is 11.1 Å². The molecule has 0 bridgehead atoms. The number of rotatable bonds is 3. The lowest BCUT2D eigenvalue weighted by Gasteiger charge is -2.11. The first kappa shape index (κ1) is 13.4. The molecule has 21 heavy (non-hydrogen) atoms. The van der Waals surface area contributed by atoms with Crippen molar-refractivity contribution in [1.29, 1.82) is 0 Å². The molecule has 0 saturated heterocycles. The zero-order valence-corrected chi connectivity index (χ0v) is 11.8. The summed E-state index contributed by atoms with van der Waals surface area (Å²) in [5.74, 6) is -2.03. The maximum absolute atomic E-state index is 12.3. The van der Waals surface area contributed by atoms with Gasteiger partial charge in [0.15, 0.2) is 0 Å². The number of aryl methyl sites for hydroxylation is 1. The highest BCUT2D eigenvalue weighted by molar-refractivity contribution is 7.11. The zero-order valence-electron chi connectivity index (χ0n) is 11.0. The second kappa shape index (κ2) is 4.78. The van der Waals surface area contributed by atoms with E-state index in [2.05, 4.69) is 4.98 Å². The largest absolute Gasteiger partial charge is 0.478 e. The maximum atomic E-state index is 12.3. The van der Waals surface area contributed by atoms with Gasteiger partial charge in [-0.25, -0.2) is 9.78 Å². The molecule has 2 amide bonds. The molecule has 6 nitrogen and oxygen atoms in total. The van der Waals surface area contributed by atoms with E-state index in [0.29, 0.717) is 5.01 Å². The normalized spacial score (nSPS) is 13.7. The average molecular weight is 302 g/mol. The molecule has 2 heterocycles. The van der Waals surface area contributed by atoms with E-state index in [-0.39, 0.29) is 23.2 Å². The molecule has 1 N–H and O–H groups in total. The molecule has 2 aromatic rings. The van der Waals surface area contributed by atoms with Crippen LogP contribution in [0.1, 0.15) is 41.0 Å². The fourth-order valence-corrected chi connectivity index (χ4v) is 2.95. The summed E-state index contributed by atoms with van der Waals surface area (Å²) in [6, 6.07) is 3.94. The second-order valence-electron chi connectivity index (χ2n) is 4.63. The third-order valence-corrected chi connectivity index (χ3v) is 4.08. The smallest absolute Gasteiger partial charge is 0.335 e. The molecule has 7 heteroatoms. The average Bonchev–Trinajstić information content (AvgIpc) is 2.96. The van der Waals surface area contributed by atoms with Gasteiger partial charge in [-0.05, 0) is 25.1 Å². The minimum Gasteiger partial charge on any atom is -0.478 e. The minimum atomic E-state index is -1.13. The quantitative estimate of drug-likeness (QED) is 0.875. The summed E-state index contributed by atoms with van der Waals surface area (Å²) >= 11 is 1.41. The molecule has 1 aliphatic rings. The number of fused-ring (bicyclic) bond motifs is 1. The van der Waals surface area contributed by atoms with E-state index in [9.17, 15) is 14.4 Å². The molecule has 106 valence electrons. The van der Waals surface area contributed by atoms with Crippen LogP contribution in [-0.2, 0) is 6.54 Å². The lowest BCUT2D eigenvalue weighted by Crippen LogP contribution is -2.29. The number of imide groups is 1. The van der Waals surface area contributed by atoms with E-state index in [1.807, 2.05) is 6.92 Å². The number of aromatic nitrogens is 1. The van der Waals surface area contributed by atoms with Gasteiger partial charge in [0.05, 0.1) is 23.2 Å². The molecule has 3 rings (SSSR count). The minimum absolute atomic E-state index is 0.0122. The molecule has 0 fully saturated rings. The van der Waals surface area contributed by atoms with Crippen molar-refractivity contribution in [1.82, 2.24) is 9.88 Å². The fourth-order valence-electron chi connectivity index (χ4n) is 2.18. The number of carbonyl (C=O) groups is 3. The Morgan fingerprint density at radius 1 is 1.29 bits per heavy atom. The van der Waals surface area contributed by atoms with Crippen LogP contribution >= 0.6 is 11.3 Å². The Balaban J connectivity index is 1.94. The maximum Gasteiger partial charge on any atom is 0.335 e. The predicted molar refractivity (Wildman–Crippen MR) is 74.5 cm³/mol. The third kappa shape index (κ3) is 2.21. The van der Waals surface area contributed by atoms with E-state index in [0.717, 1.165) is 9.78 Å². The van der Waals surface area contributed by atoms with Crippen LogP contribution in [0.25, 0.3) is 0 Å². The van der Waals surface area contributed by atoms with E-state index < -0.39 is 17.8 Å². The Kier molecular flexibility index (Phi) is 3.06. The van der Waals surface area contributed by atoms with Crippen molar-refractivity contribution < 1.29 is 19.5 Å². The first-order valence-corrected chi connectivity index (χ1v) is 6.94. The molecule has 0 spiro atoms. The Labute approximate surface area is 123 Å². The fraction of sp³-hybridized carbons (Fsp3) is 0.143. The van der Waals surface area contributed by atoms with Crippen molar-refractivity contribution in [3.05, 3.63) is 51.0 Å². The number of benzene rings is 1. The standard InChI is InChI=1S/C14H10N2O4S/c1-7-5-15-11(21-7)6-16-12(17)9-3-2-8(14(19)20)4-10(9)13(16)18/h2-5H,6H2,1H3,(H,19,20). The number of thiazole rings is 1. The first-order chi connectivity index (χ1) is 9.97. The summed E-state index contributed by atoms with van der Waals surface area (Å²) in [7, 11) is 0. The van der Waals surface area contributed by atoms with Crippen LogP contribution in [0.15, 0.2) is 24.4 Å². The van der Waals surface area contributed by atoms with Gasteiger partial charge in [0.1, 0.15) is 5.01 Å². The lowest BCUT2D eigenvalue weighted by atomic mass is 10.1. The number of aromatic carboxylic acids is 1. The molecule has 1 aromatic heterocycles. The van der Waals surface area contributed by atoms with Crippen molar-refractivity contribution in [3.8, 4) is 0 Å². The van der Waals surface area contributed by atoms with Gasteiger partial charge >= 0.3 is 5.97 Å².